The van der Waals surface area contributed by atoms with Crippen molar-refractivity contribution < 1.29 is 13.5 Å². The van der Waals surface area contributed by atoms with Gasteiger partial charge < -0.3 is 15.4 Å². The highest BCUT2D eigenvalue weighted by Gasteiger charge is 2.05. The van der Waals surface area contributed by atoms with Gasteiger partial charge in [0.15, 0.2) is 17.5 Å². The molecule has 0 unspecified atom stereocenters. The van der Waals surface area contributed by atoms with E-state index >= 15 is 0 Å². The first-order valence-corrected chi connectivity index (χ1v) is 7.14. The number of ether oxygens (including phenoxy) is 1. The summed E-state index contributed by atoms with van der Waals surface area (Å²) in [6, 6.07) is 11.3. The van der Waals surface area contributed by atoms with E-state index in [-0.39, 0.29) is 35.5 Å². The predicted molar refractivity (Wildman–Crippen MR) is 102 cm³/mol. The molecule has 0 aliphatic heterocycles. The first-order valence-electron chi connectivity index (χ1n) is 7.14. The minimum atomic E-state index is -0.416. The van der Waals surface area contributed by atoms with Crippen LogP contribution in [0, 0.1) is 11.6 Å². The van der Waals surface area contributed by atoms with Crippen LogP contribution in [0.15, 0.2) is 47.5 Å². The van der Waals surface area contributed by atoms with Crippen molar-refractivity contribution in [3.63, 3.8) is 0 Å². The van der Waals surface area contributed by atoms with E-state index in [2.05, 4.69) is 15.6 Å². The summed E-state index contributed by atoms with van der Waals surface area (Å²) >= 11 is 0. The molecule has 2 aromatic rings. The second-order valence-corrected chi connectivity index (χ2v) is 4.84. The summed E-state index contributed by atoms with van der Waals surface area (Å²) in [5.41, 5.74) is 1.29. The lowest BCUT2D eigenvalue weighted by Gasteiger charge is -2.13. The summed E-state index contributed by atoms with van der Waals surface area (Å²) in [5, 5.41) is 6.06. The van der Waals surface area contributed by atoms with Gasteiger partial charge in [-0.2, -0.15) is 0 Å². The molecule has 130 valence electrons. The second-order valence-electron chi connectivity index (χ2n) is 4.84. The number of methoxy groups -OCH3 is 1. The lowest BCUT2D eigenvalue weighted by molar-refractivity contribution is 0.386. The largest absolute Gasteiger partial charge is 0.494 e. The molecule has 0 atom stereocenters. The Morgan fingerprint density at radius 2 is 1.75 bits per heavy atom. The number of guanidine groups is 1. The Bertz CT molecular complexity index is 695. The number of halogens is 3. The average molecular weight is 447 g/mol. The molecular weight excluding hydrogens is 427 g/mol. The van der Waals surface area contributed by atoms with Crippen molar-refractivity contribution in [2.75, 3.05) is 14.2 Å². The van der Waals surface area contributed by atoms with Crippen molar-refractivity contribution >= 4 is 29.9 Å². The van der Waals surface area contributed by atoms with E-state index < -0.39 is 5.82 Å². The Hall–Kier alpha value is -1.90. The van der Waals surface area contributed by atoms with E-state index in [0.29, 0.717) is 24.6 Å². The van der Waals surface area contributed by atoms with Crippen LogP contribution in [0.2, 0.25) is 0 Å². The van der Waals surface area contributed by atoms with Crippen LogP contribution in [0.5, 0.6) is 5.75 Å². The van der Waals surface area contributed by atoms with Gasteiger partial charge in [-0.15, -0.1) is 24.0 Å². The van der Waals surface area contributed by atoms with Crippen molar-refractivity contribution in [1.82, 2.24) is 10.6 Å². The summed E-state index contributed by atoms with van der Waals surface area (Å²) < 4.78 is 32.1. The Morgan fingerprint density at radius 3 is 2.38 bits per heavy atom. The highest BCUT2D eigenvalue weighted by atomic mass is 127. The van der Waals surface area contributed by atoms with E-state index in [1.807, 2.05) is 0 Å². The minimum Gasteiger partial charge on any atom is -0.494 e. The fraction of sp³-hybridized carbons (Fsp3) is 0.235. The van der Waals surface area contributed by atoms with Crippen molar-refractivity contribution in [2.45, 2.75) is 13.1 Å². The number of nitrogens with one attached hydrogen (secondary N) is 2. The third-order valence-electron chi connectivity index (χ3n) is 3.30. The van der Waals surface area contributed by atoms with Gasteiger partial charge in [0, 0.05) is 25.7 Å². The van der Waals surface area contributed by atoms with Gasteiger partial charge in [-0.05, 0) is 23.8 Å². The van der Waals surface area contributed by atoms with Crippen LogP contribution in [-0.4, -0.2) is 20.1 Å². The molecule has 0 amide bonds. The van der Waals surface area contributed by atoms with E-state index in [4.69, 9.17) is 4.74 Å². The molecule has 7 heteroatoms. The maximum absolute atomic E-state index is 13.6. The molecule has 0 aliphatic carbocycles. The summed E-state index contributed by atoms with van der Waals surface area (Å²) in [5.74, 6) is 0.0223. The molecule has 24 heavy (non-hydrogen) atoms. The molecule has 0 aliphatic rings. The van der Waals surface area contributed by atoms with E-state index in [0.717, 1.165) is 5.56 Å². The molecule has 2 rings (SSSR count). The van der Waals surface area contributed by atoms with Crippen LogP contribution in [-0.2, 0) is 13.1 Å². The highest BCUT2D eigenvalue weighted by molar-refractivity contribution is 14.0. The first-order chi connectivity index (χ1) is 11.1. The Labute approximate surface area is 157 Å². The van der Waals surface area contributed by atoms with Crippen LogP contribution in [0.25, 0.3) is 0 Å². The number of nitrogens with zero attached hydrogens (tertiary/aromatic N) is 1. The van der Waals surface area contributed by atoms with Crippen molar-refractivity contribution in [3.8, 4) is 5.75 Å². The number of hydrogen-bond donors (Lipinski definition) is 2. The molecule has 0 aromatic heterocycles. The Kier molecular flexibility index (Phi) is 8.45. The summed E-state index contributed by atoms with van der Waals surface area (Å²) in [6.45, 7) is 0.696. The summed E-state index contributed by atoms with van der Waals surface area (Å²) in [4.78, 5) is 4.06. The number of aliphatic imine (C=N–C) groups is 1. The van der Waals surface area contributed by atoms with Gasteiger partial charge in [0.1, 0.15) is 5.82 Å². The quantitative estimate of drug-likeness (QED) is 0.420. The van der Waals surface area contributed by atoms with E-state index in [9.17, 15) is 8.78 Å². The molecule has 0 saturated carbocycles. The van der Waals surface area contributed by atoms with Gasteiger partial charge in [0.2, 0.25) is 0 Å². The molecule has 2 N–H and O–H groups in total. The topological polar surface area (TPSA) is 45.7 Å². The second kappa shape index (κ2) is 10.1. The lowest BCUT2D eigenvalue weighted by atomic mass is 10.2. The van der Waals surface area contributed by atoms with Crippen LogP contribution in [0.1, 0.15) is 11.1 Å². The minimum absolute atomic E-state index is 0. The molecule has 0 heterocycles. The van der Waals surface area contributed by atoms with Gasteiger partial charge in [-0.3, -0.25) is 4.99 Å². The Balaban J connectivity index is 0.00000288. The third-order valence-corrected chi connectivity index (χ3v) is 3.30. The summed E-state index contributed by atoms with van der Waals surface area (Å²) in [6.07, 6.45) is 0. The molecule has 0 fully saturated rings. The van der Waals surface area contributed by atoms with Gasteiger partial charge in [-0.1, -0.05) is 24.3 Å². The van der Waals surface area contributed by atoms with Gasteiger partial charge in [0.05, 0.1) is 7.11 Å². The summed E-state index contributed by atoms with van der Waals surface area (Å²) in [7, 11) is 3.04. The fourth-order valence-electron chi connectivity index (χ4n) is 2.05. The predicted octanol–water partition coefficient (Wildman–Crippen LogP) is 3.46. The first kappa shape index (κ1) is 20.1. The molecule has 0 saturated heterocycles. The number of rotatable bonds is 5. The van der Waals surface area contributed by atoms with Gasteiger partial charge >= 0.3 is 0 Å². The van der Waals surface area contributed by atoms with Gasteiger partial charge in [0.25, 0.3) is 0 Å². The Morgan fingerprint density at radius 1 is 1.04 bits per heavy atom. The van der Waals surface area contributed by atoms with Crippen molar-refractivity contribution in [2.24, 2.45) is 4.99 Å². The fourth-order valence-corrected chi connectivity index (χ4v) is 2.05. The number of benzene rings is 2. The maximum Gasteiger partial charge on any atom is 0.191 e. The zero-order chi connectivity index (χ0) is 16.7. The maximum atomic E-state index is 13.6. The molecule has 0 spiro atoms. The molecule has 0 radical (unpaired) electrons. The molecule has 2 aromatic carbocycles. The lowest BCUT2D eigenvalue weighted by Crippen LogP contribution is -2.36. The SMILES string of the molecule is CN=C(NCc1ccc(OC)c(F)c1)NCc1ccccc1F.I. The number of hydrogen-bond acceptors (Lipinski definition) is 2. The van der Waals surface area contributed by atoms with Crippen molar-refractivity contribution in [1.29, 1.82) is 0 Å². The van der Waals surface area contributed by atoms with E-state index in [1.165, 1.54) is 19.2 Å². The zero-order valence-electron chi connectivity index (χ0n) is 13.5. The zero-order valence-corrected chi connectivity index (χ0v) is 15.8. The van der Waals surface area contributed by atoms with Crippen LogP contribution in [0.3, 0.4) is 0 Å². The molecule has 0 bridgehead atoms. The molecule has 4 nitrogen and oxygen atoms in total. The van der Waals surface area contributed by atoms with Crippen molar-refractivity contribution in [3.05, 3.63) is 65.2 Å². The monoisotopic (exact) mass is 447 g/mol. The third kappa shape index (κ3) is 5.63. The smallest absolute Gasteiger partial charge is 0.191 e. The van der Waals surface area contributed by atoms with Crippen LogP contribution >= 0.6 is 24.0 Å². The van der Waals surface area contributed by atoms with E-state index in [1.54, 1.807) is 37.4 Å². The standard InChI is InChI=1S/C17H19F2N3O.HI/c1-20-17(22-11-13-5-3-4-6-14(13)18)21-10-12-7-8-16(23-2)15(19)9-12;/h3-9H,10-11H2,1-2H3,(H2,20,21,22);1H. The van der Waals surface area contributed by atoms with Gasteiger partial charge in [-0.25, -0.2) is 8.78 Å². The normalized spacial score (nSPS) is 10.8. The van der Waals surface area contributed by atoms with Crippen LogP contribution in [0.4, 0.5) is 8.78 Å². The highest BCUT2D eigenvalue weighted by Crippen LogP contribution is 2.17. The average Bonchev–Trinajstić information content (AvgIpc) is 2.56. The molecular formula is C17H20F2IN3O. The van der Waals surface area contributed by atoms with Crippen LogP contribution < -0.4 is 15.4 Å².